The Morgan fingerprint density at radius 2 is 2.06 bits per heavy atom. The van der Waals surface area contributed by atoms with Gasteiger partial charge in [-0.15, -0.1) is 11.3 Å². The van der Waals surface area contributed by atoms with E-state index in [1.54, 1.807) is 7.11 Å². The number of amides is 1. The summed E-state index contributed by atoms with van der Waals surface area (Å²) in [5.74, 6) is 1.56. The third-order valence-corrected chi connectivity index (χ3v) is 7.21. The second kappa shape index (κ2) is 8.88. The van der Waals surface area contributed by atoms with Gasteiger partial charge in [0.1, 0.15) is 11.5 Å². The van der Waals surface area contributed by atoms with Gasteiger partial charge in [0.05, 0.1) is 23.0 Å². The Morgan fingerprint density at radius 1 is 1.22 bits per heavy atom. The number of carbonyl (C=O) groups excluding carboxylic acids is 2. The van der Waals surface area contributed by atoms with Crippen LogP contribution in [0.15, 0.2) is 36.4 Å². The van der Waals surface area contributed by atoms with Crippen molar-refractivity contribution in [3.05, 3.63) is 47.0 Å². The Bertz CT molecular complexity index is 1170. The summed E-state index contributed by atoms with van der Waals surface area (Å²) in [6.45, 7) is 0.782. The highest BCUT2D eigenvalue weighted by Crippen LogP contribution is 2.33. The first kappa shape index (κ1) is 20.9. The van der Waals surface area contributed by atoms with Crippen molar-refractivity contribution < 1.29 is 19.1 Å². The van der Waals surface area contributed by atoms with Gasteiger partial charge in [0.25, 0.3) is 5.91 Å². The maximum atomic E-state index is 13.0. The standard InChI is InChI=1S/C24H25N3O4S/c1-30-17-7-8-18-21(11-17)32-24(27-18)23(29)15-3-5-16(6-4-15)25-12-14-2-9-20-19(10-14)26-22(28)13-31-20/h2,7-11,15-16,25H,3-6,12-13H2,1H3,(H,26,28)/t15-,16-. The van der Waals surface area contributed by atoms with E-state index in [0.29, 0.717) is 23.3 Å². The van der Waals surface area contributed by atoms with Crippen molar-refractivity contribution in [1.29, 1.82) is 0 Å². The predicted molar refractivity (Wildman–Crippen MR) is 124 cm³/mol. The van der Waals surface area contributed by atoms with Gasteiger partial charge in [0.15, 0.2) is 17.4 Å². The summed E-state index contributed by atoms with van der Waals surface area (Å²) in [5.41, 5.74) is 2.67. The zero-order valence-corrected chi connectivity index (χ0v) is 18.7. The first-order chi connectivity index (χ1) is 15.6. The van der Waals surface area contributed by atoms with E-state index in [1.807, 2.05) is 36.4 Å². The first-order valence-electron chi connectivity index (χ1n) is 10.9. The van der Waals surface area contributed by atoms with Crippen LogP contribution in [0.3, 0.4) is 0 Å². The van der Waals surface area contributed by atoms with Crippen LogP contribution < -0.4 is 20.1 Å². The van der Waals surface area contributed by atoms with Gasteiger partial charge in [0.2, 0.25) is 0 Å². The fourth-order valence-electron chi connectivity index (χ4n) is 4.37. The lowest BCUT2D eigenvalue weighted by Gasteiger charge is -2.28. The largest absolute Gasteiger partial charge is 0.497 e. The van der Waals surface area contributed by atoms with Crippen LogP contribution in [0.4, 0.5) is 5.69 Å². The van der Waals surface area contributed by atoms with Gasteiger partial charge in [0, 0.05) is 18.5 Å². The van der Waals surface area contributed by atoms with Crippen molar-refractivity contribution in [2.75, 3.05) is 19.0 Å². The van der Waals surface area contributed by atoms with Crippen molar-refractivity contribution in [2.24, 2.45) is 5.92 Å². The van der Waals surface area contributed by atoms with Gasteiger partial charge in [-0.3, -0.25) is 9.59 Å². The van der Waals surface area contributed by atoms with Crippen LogP contribution in [-0.2, 0) is 11.3 Å². The molecule has 0 bridgehead atoms. The molecule has 0 saturated heterocycles. The number of fused-ring (bicyclic) bond motifs is 2. The lowest BCUT2D eigenvalue weighted by molar-refractivity contribution is -0.118. The van der Waals surface area contributed by atoms with Crippen molar-refractivity contribution in [1.82, 2.24) is 10.3 Å². The quantitative estimate of drug-likeness (QED) is 0.547. The SMILES string of the molecule is COc1ccc2nc(C(=O)[C@H]3CC[C@H](NCc4ccc5c(c4)NC(=O)CO5)CC3)sc2c1. The van der Waals surface area contributed by atoms with Gasteiger partial charge < -0.3 is 20.1 Å². The number of carbonyl (C=O) groups is 2. The molecular weight excluding hydrogens is 426 g/mol. The molecule has 1 aliphatic carbocycles. The zero-order chi connectivity index (χ0) is 22.1. The fraction of sp³-hybridized carbons (Fsp3) is 0.375. The molecule has 0 atom stereocenters. The Kier molecular flexibility index (Phi) is 5.80. The maximum Gasteiger partial charge on any atom is 0.262 e. The number of aromatic nitrogens is 1. The molecule has 1 aliphatic heterocycles. The molecule has 0 unspecified atom stereocenters. The second-order valence-electron chi connectivity index (χ2n) is 8.31. The molecule has 3 aromatic rings. The molecule has 166 valence electrons. The molecule has 0 spiro atoms. The molecule has 2 aliphatic rings. The maximum absolute atomic E-state index is 13.0. The van der Waals surface area contributed by atoms with E-state index in [2.05, 4.69) is 15.6 Å². The first-order valence-corrected chi connectivity index (χ1v) is 11.7. The van der Waals surface area contributed by atoms with Crippen LogP contribution in [0, 0.1) is 5.92 Å². The molecule has 2 aromatic carbocycles. The number of ether oxygens (including phenoxy) is 2. The molecule has 5 rings (SSSR count). The number of ketones is 1. The highest BCUT2D eigenvalue weighted by Gasteiger charge is 2.29. The molecule has 7 nitrogen and oxygen atoms in total. The minimum absolute atomic E-state index is 0.0339. The van der Waals surface area contributed by atoms with Gasteiger partial charge in [-0.05, 0) is 61.6 Å². The average molecular weight is 452 g/mol. The number of Topliss-reactive ketones (excluding diaryl/α,β-unsaturated/α-hetero) is 1. The summed E-state index contributed by atoms with van der Waals surface area (Å²) >= 11 is 1.45. The van der Waals surface area contributed by atoms with E-state index in [4.69, 9.17) is 9.47 Å². The topological polar surface area (TPSA) is 89.5 Å². The number of hydrogen-bond acceptors (Lipinski definition) is 7. The summed E-state index contributed by atoms with van der Waals surface area (Å²) in [7, 11) is 1.64. The molecule has 1 aromatic heterocycles. The van der Waals surface area contributed by atoms with E-state index in [9.17, 15) is 9.59 Å². The number of nitrogens with zero attached hydrogens (tertiary/aromatic N) is 1. The molecule has 1 fully saturated rings. The Hall–Kier alpha value is -2.97. The van der Waals surface area contributed by atoms with Crippen LogP contribution in [0.2, 0.25) is 0 Å². The van der Waals surface area contributed by atoms with E-state index in [0.717, 1.165) is 52.9 Å². The van der Waals surface area contributed by atoms with Gasteiger partial charge in [-0.2, -0.15) is 0 Å². The monoisotopic (exact) mass is 451 g/mol. The molecule has 1 amide bonds. The summed E-state index contributed by atoms with van der Waals surface area (Å²) in [6.07, 6.45) is 3.65. The summed E-state index contributed by atoms with van der Waals surface area (Å²) in [5, 5.41) is 7.04. The number of rotatable bonds is 6. The number of thiazole rings is 1. The Balaban J connectivity index is 1.15. The summed E-state index contributed by atoms with van der Waals surface area (Å²) in [4.78, 5) is 29.1. The number of nitrogens with one attached hydrogen (secondary N) is 2. The van der Waals surface area contributed by atoms with Gasteiger partial charge in [-0.25, -0.2) is 4.98 Å². The Labute approximate surface area is 190 Å². The fourth-order valence-corrected chi connectivity index (χ4v) is 5.39. The minimum atomic E-state index is -0.127. The van der Waals surface area contributed by atoms with Crippen LogP contribution in [0.25, 0.3) is 10.2 Å². The summed E-state index contributed by atoms with van der Waals surface area (Å²) < 4.78 is 11.7. The zero-order valence-electron chi connectivity index (χ0n) is 17.8. The lowest BCUT2D eigenvalue weighted by Crippen LogP contribution is -2.34. The highest BCUT2D eigenvalue weighted by molar-refractivity contribution is 7.20. The predicted octanol–water partition coefficient (Wildman–Crippen LogP) is 4.17. The molecule has 2 heterocycles. The molecule has 2 N–H and O–H groups in total. The summed E-state index contributed by atoms with van der Waals surface area (Å²) in [6, 6.07) is 12.0. The van der Waals surface area contributed by atoms with Crippen molar-refractivity contribution in [3.63, 3.8) is 0 Å². The molecule has 32 heavy (non-hydrogen) atoms. The van der Waals surface area contributed by atoms with Crippen molar-refractivity contribution >= 4 is 38.9 Å². The highest BCUT2D eigenvalue weighted by atomic mass is 32.1. The van der Waals surface area contributed by atoms with Crippen LogP contribution in [0.1, 0.15) is 41.0 Å². The number of methoxy groups -OCH3 is 1. The minimum Gasteiger partial charge on any atom is -0.497 e. The van der Waals surface area contributed by atoms with Crippen molar-refractivity contribution in [3.8, 4) is 11.5 Å². The second-order valence-corrected chi connectivity index (χ2v) is 9.34. The van der Waals surface area contributed by atoms with Crippen LogP contribution in [-0.4, -0.2) is 36.4 Å². The number of anilines is 1. The third-order valence-electron chi connectivity index (χ3n) is 6.18. The normalized spacial score (nSPS) is 20.3. The van der Waals surface area contributed by atoms with E-state index < -0.39 is 0 Å². The molecular formula is C24H25N3O4S. The van der Waals surface area contributed by atoms with E-state index in [1.165, 1.54) is 11.3 Å². The van der Waals surface area contributed by atoms with Gasteiger partial charge >= 0.3 is 0 Å². The average Bonchev–Trinajstić information content (AvgIpc) is 3.25. The molecule has 1 saturated carbocycles. The molecule has 0 radical (unpaired) electrons. The Morgan fingerprint density at radius 3 is 2.88 bits per heavy atom. The number of hydrogen-bond donors (Lipinski definition) is 2. The van der Waals surface area contributed by atoms with E-state index >= 15 is 0 Å². The van der Waals surface area contributed by atoms with Crippen LogP contribution >= 0.6 is 11.3 Å². The number of benzene rings is 2. The van der Waals surface area contributed by atoms with Crippen molar-refractivity contribution in [2.45, 2.75) is 38.3 Å². The van der Waals surface area contributed by atoms with Gasteiger partial charge in [-0.1, -0.05) is 6.07 Å². The lowest BCUT2D eigenvalue weighted by atomic mass is 9.83. The molecule has 8 heteroatoms. The smallest absolute Gasteiger partial charge is 0.262 e. The van der Waals surface area contributed by atoms with E-state index in [-0.39, 0.29) is 24.2 Å². The van der Waals surface area contributed by atoms with Crippen LogP contribution in [0.5, 0.6) is 11.5 Å². The third kappa shape index (κ3) is 4.33.